The van der Waals surface area contributed by atoms with Gasteiger partial charge in [0.1, 0.15) is 24.4 Å². The second-order valence-corrected chi connectivity index (χ2v) is 5.56. The minimum atomic E-state index is -1.52. The van der Waals surface area contributed by atoms with Crippen molar-refractivity contribution >= 4 is 17.5 Å². The van der Waals surface area contributed by atoms with E-state index in [1.165, 1.54) is 0 Å². The minimum Gasteiger partial charge on any atom is -0.394 e. The van der Waals surface area contributed by atoms with Crippen LogP contribution in [0, 0.1) is 0 Å². The van der Waals surface area contributed by atoms with Crippen molar-refractivity contribution in [2.45, 2.75) is 37.1 Å². The summed E-state index contributed by atoms with van der Waals surface area (Å²) in [5.41, 5.74) is 0.705. The Morgan fingerprint density at radius 3 is 2.41 bits per heavy atom. The monoisotopic (exact) mass is 331 g/mol. The van der Waals surface area contributed by atoms with Gasteiger partial charge in [-0.25, -0.2) is 0 Å². The van der Waals surface area contributed by atoms with Crippen molar-refractivity contribution in [2.24, 2.45) is 0 Å². The van der Waals surface area contributed by atoms with Gasteiger partial charge in [-0.05, 0) is 17.7 Å². The summed E-state index contributed by atoms with van der Waals surface area (Å²) < 4.78 is 4.96. The molecule has 1 aromatic carbocycles. The number of halogens is 1. The number of hydrogen-bond donors (Lipinski definition) is 5. The van der Waals surface area contributed by atoms with Crippen molar-refractivity contribution in [1.82, 2.24) is 5.32 Å². The fraction of sp³-hybridized carbons (Fsp3) is 0.500. The Morgan fingerprint density at radius 1 is 1.18 bits per heavy atom. The van der Waals surface area contributed by atoms with Crippen molar-refractivity contribution in [1.29, 1.82) is 0 Å². The molecule has 0 aliphatic carbocycles. The first-order chi connectivity index (χ1) is 10.4. The van der Waals surface area contributed by atoms with Gasteiger partial charge >= 0.3 is 0 Å². The van der Waals surface area contributed by atoms with Crippen LogP contribution in [-0.4, -0.2) is 63.6 Å². The van der Waals surface area contributed by atoms with Gasteiger partial charge in [-0.2, -0.15) is 0 Å². The number of hydrogen-bond acceptors (Lipinski definition) is 6. The molecule has 0 radical (unpaired) electrons. The first-order valence-corrected chi connectivity index (χ1v) is 7.14. The predicted molar refractivity (Wildman–Crippen MR) is 77.1 cm³/mol. The zero-order chi connectivity index (χ0) is 16.3. The number of nitrogens with one attached hydrogen (secondary N) is 1. The van der Waals surface area contributed by atoms with Gasteiger partial charge in [-0.15, -0.1) is 0 Å². The topological polar surface area (TPSA) is 119 Å². The number of aliphatic hydroxyl groups is 4. The Hall–Kier alpha value is -1.22. The molecule has 1 aliphatic rings. The van der Waals surface area contributed by atoms with Crippen LogP contribution < -0.4 is 5.32 Å². The molecule has 5 atom stereocenters. The standard InChI is InChI=1S/C14H18ClNO6/c15-8-3-1-7(2-4-8)5-10(18)16-11-13(20)12(19)9(6-17)22-14(11)21/h1-4,9,11-14,17,19-21H,5-6H2,(H,16,18)/t9-,11-,12-,13-,14-/m1/s1. The molecule has 0 bridgehead atoms. The summed E-state index contributed by atoms with van der Waals surface area (Å²) in [6.45, 7) is -0.555. The Kier molecular flexibility index (Phi) is 5.74. The van der Waals surface area contributed by atoms with E-state index in [-0.39, 0.29) is 6.42 Å². The van der Waals surface area contributed by atoms with Crippen LogP contribution in [0.3, 0.4) is 0 Å². The third-order valence-corrected chi connectivity index (χ3v) is 3.76. The van der Waals surface area contributed by atoms with Crippen LogP contribution >= 0.6 is 11.6 Å². The number of rotatable bonds is 4. The summed E-state index contributed by atoms with van der Waals surface area (Å²) in [7, 11) is 0. The lowest BCUT2D eigenvalue weighted by Gasteiger charge is -2.40. The summed E-state index contributed by atoms with van der Waals surface area (Å²) in [5, 5.41) is 41.4. The molecule has 1 aliphatic heterocycles. The number of aliphatic hydroxyl groups excluding tert-OH is 4. The van der Waals surface area contributed by atoms with Gasteiger partial charge in [0.05, 0.1) is 13.0 Å². The van der Waals surface area contributed by atoms with E-state index in [1.807, 2.05) is 0 Å². The number of benzene rings is 1. The maximum atomic E-state index is 12.0. The maximum Gasteiger partial charge on any atom is 0.224 e. The molecular weight excluding hydrogens is 314 g/mol. The van der Waals surface area contributed by atoms with E-state index < -0.39 is 43.2 Å². The highest BCUT2D eigenvalue weighted by atomic mass is 35.5. The van der Waals surface area contributed by atoms with Gasteiger partial charge in [0, 0.05) is 5.02 Å². The van der Waals surface area contributed by atoms with Crippen molar-refractivity contribution < 1.29 is 30.0 Å². The third-order valence-electron chi connectivity index (χ3n) is 3.51. The number of ether oxygens (including phenoxy) is 1. The smallest absolute Gasteiger partial charge is 0.224 e. The third kappa shape index (κ3) is 3.95. The Morgan fingerprint density at radius 2 is 1.82 bits per heavy atom. The first kappa shape index (κ1) is 17.1. The van der Waals surface area contributed by atoms with E-state index in [0.717, 1.165) is 0 Å². The lowest BCUT2D eigenvalue weighted by Crippen LogP contribution is -2.64. The number of carbonyl (C=O) groups excluding carboxylic acids is 1. The van der Waals surface area contributed by atoms with Crippen LogP contribution in [0.1, 0.15) is 5.56 Å². The largest absolute Gasteiger partial charge is 0.394 e. The molecule has 1 aromatic rings. The van der Waals surface area contributed by atoms with Crippen molar-refractivity contribution in [3.63, 3.8) is 0 Å². The summed E-state index contributed by atoms with van der Waals surface area (Å²) in [4.78, 5) is 12.0. The predicted octanol–water partition coefficient (Wildman–Crippen LogP) is -1.20. The van der Waals surface area contributed by atoms with Crippen LogP contribution in [0.2, 0.25) is 5.02 Å². The highest BCUT2D eigenvalue weighted by molar-refractivity contribution is 6.30. The SMILES string of the molecule is O=C(Cc1ccc(Cl)cc1)N[C@@H]1[C@@H](O)[C@H](O)[C@@H](CO)O[C@H]1O. The average Bonchev–Trinajstić information content (AvgIpc) is 2.49. The molecule has 0 aromatic heterocycles. The molecule has 1 heterocycles. The molecule has 1 saturated heterocycles. The van der Waals surface area contributed by atoms with E-state index in [9.17, 15) is 20.1 Å². The molecule has 2 rings (SSSR count). The van der Waals surface area contributed by atoms with E-state index in [1.54, 1.807) is 24.3 Å². The van der Waals surface area contributed by atoms with Gasteiger partial charge in [-0.3, -0.25) is 4.79 Å². The normalized spacial score (nSPS) is 31.8. The molecule has 7 nitrogen and oxygen atoms in total. The van der Waals surface area contributed by atoms with Gasteiger partial charge in [0.25, 0.3) is 0 Å². The second-order valence-electron chi connectivity index (χ2n) is 5.13. The maximum absolute atomic E-state index is 12.0. The lowest BCUT2D eigenvalue weighted by molar-refractivity contribution is -0.253. The van der Waals surface area contributed by atoms with Gasteiger partial charge < -0.3 is 30.5 Å². The van der Waals surface area contributed by atoms with Crippen LogP contribution in [-0.2, 0) is 16.0 Å². The van der Waals surface area contributed by atoms with E-state index >= 15 is 0 Å². The van der Waals surface area contributed by atoms with E-state index in [4.69, 9.17) is 21.4 Å². The Labute approximate surface area is 132 Å². The fourth-order valence-corrected chi connectivity index (χ4v) is 2.40. The molecule has 0 unspecified atom stereocenters. The first-order valence-electron chi connectivity index (χ1n) is 6.76. The van der Waals surface area contributed by atoms with Crippen molar-refractivity contribution in [3.8, 4) is 0 Å². The average molecular weight is 332 g/mol. The van der Waals surface area contributed by atoms with Crippen molar-refractivity contribution in [2.75, 3.05) is 6.61 Å². The van der Waals surface area contributed by atoms with Crippen LogP contribution in [0.4, 0.5) is 0 Å². The number of carbonyl (C=O) groups is 1. The van der Waals surface area contributed by atoms with Crippen molar-refractivity contribution in [3.05, 3.63) is 34.9 Å². The van der Waals surface area contributed by atoms with Gasteiger partial charge in [-0.1, -0.05) is 23.7 Å². The van der Waals surface area contributed by atoms with Gasteiger partial charge in [0.2, 0.25) is 5.91 Å². The molecule has 1 fully saturated rings. The summed E-state index contributed by atoms with van der Waals surface area (Å²) in [6.07, 6.45) is -5.46. The highest BCUT2D eigenvalue weighted by Gasteiger charge is 2.44. The highest BCUT2D eigenvalue weighted by Crippen LogP contribution is 2.20. The Bertz CT molecular complexity index is 511. The lowest BCUT2D eigenvalue weighted by atomic mass is 9.97. The van der Waals surface area contributed by atoms with Crippen LogP contribution in [0.25, 0.3) is 0 Å². The molecule has 5 N–H and O–H groups in total. The number of amides is 1. The summed E-state index contributed by atoms with van der Waals surface area (Å²) in [5.74, 6) is -0.455. The second kappa shape index (κ2) is 7.36. The van der Waals surface area contributed by atoms with Gasteiger partial charge in [0.15, 0.2) is 6.29 Å². The minimum absolute atomic E-state index is 0.0205. The zero-order valence-electron chi connectivity index (χ0n) is 11.6. The fourth-order valence-electron chi connectivity index (χ4n) is 2.28. The van der Waals surface area contributed by atoms with E-state index in [2.05, 4.69) is 5.32 Å². The Balaban J connectivity index is 1.97. The molecule has 0 saturated carbocycles. The molecule has 0 spiro atoms. The molecule has 22 heavy (non-hydrogen) atoms. The summed E-state index contributed by atoms with van der Waals surface area (Å²) >= 11 is 5.75. The molecule has 122 valence electrons. The zero-order valence-corrected chi connectivity index (χ0v) is 12.3. The van der Waals surface area contributed by atoms with Crippen LogP contribution in [0.15, 0.2) is 24.3 Å². The molecule has 1 amide bonds. The molecular formula is C14H18ClNO6. The quantitative estimate of drug-likeness (QED) is 0.473. The van der Waals surface area contributed by atoms with E-state index in [0.29, 0.717) is 10.6 Å². The molecule has 8 heteroatoms. The van der Waals surface area contributed by atoms with Crippen LogP contribution in [0.5, 0.6) is 0 Å². The summed E-state index contributed by atoms with van der Waals surface area (Å²) in [6, 6.07) is 5.48.